The van der Waals surface area contributed by atoms with Gasteiger partial charge in [0.25, 0.3) is 5.56 Å². The lowest BCUT2D eigenvalue weighted by atomic mass is 9.98. The van der Waals surface area contributed by atoms with Crippen molar-refractivity contribution in [2.24, 2.45) is 5.92 Å². The third-order valence-corrected chi connectivity index (χ3v) is 3.94. The van der Waals surface area contributed by atoms with Gasteiger partial charge in [-0.25, -0.2) is 0 Å². The third-order valence-electron chi connectivity index (χ3n) is 3.94. The first kappa shape index (κ1) is 17.6. The number of fused-ring (bicyclic) bond motifs is 1. The molecule has 0 spiro atoms. The molecule has 0 saturated heterocycles. The zero-order valence-electron chi connectivity index (χ0n) is 13.6. The Morgan fingerprint density at radius 1 is 1.33 bits per heavy atom. The zero-order chi connectivity index (χ0) is 17.7. The Labute approximate surface area is 138 Å². The maximum atomic E-state index is 12.7. The number of amides is 1. The van der Waals surface area contributed by atoms with E-state index >= 15 is 0 Å². The van der Waals surface area contributed by atoms with Gasteiger partial charge in [-0.3, -0.25) is 14.4 Å². The smallest absolute Gasteiger partial charge is 0.305 e. The highest BCUT2D eigenvalue weighted by Crippen LogP contribution is 2.19. The van der Waals surface area contributed by atoms with E-state index in [0.29, 0.717) is 17.3 Å². The summed E-state index contributed by atoms with van der Waals surface area (Å²) < 4.78 is 1.09. The largest absolute Gasteiger partial charge is 0.481 e. The first-order valence-electron chi connectivity index (χ1n) is 7.79. The number of benzene rings is 1. The maximum Gasteiger partial charge on any atom is 0.305 e. The van der Waals surface area contributed by atoms with Crippen LogP contribution in [0.1, 0.15) is 32.7 Å². The van der Waals surface area contributed by atoms with Crippen molar-refractivity contribution in [3.63, 3.8) is 0 Å². The molecule has 1 amide bonds. The lowest BCUT2D eigenvalue weighted by Gasteiger charge is -2.22. The molecular weight excluding hydrogens is 312 g/mol. The minimum absolute atomic E-state index is 0.00311. The van der Waals surface area contributed by atoms with Gasteiger partial charge >= 0.3 is 5.97 Å². The van der Waals surface area contributed by atoms with Gasteiger partial charge in [-0.15, -0.1) is 5.10 Å². The summed E-state index contributed by atoms with van der Waals surface area (Å²) in [6, 6.07) is 5.96. The minimum atomic E-state index is -1.00. The molecule has 2 atom stereocenters. The van der Waals surface area contributed by atoms with Crippen LogP contribution in [0.3, 0.4) is 0 Å². The van der Waals surface area contributed by atoms with Gasteiger partial charge in [0.05, 0.1) is 11.8 Å². The van der Waals surface area contributed by atoms with Crippen molar-refractivity contribution in [2.45, 2.75) is 32.7 Å². The number of nitrogens with zero attached hydrogens (tertiary/aromatic N) is 3. The Bertz CT molecular complexity index is 802. The van der Waals surface area contributed by atoms with Crippen LogP contribution in [0, 0.1) is 5.92 Å². The van der Waals surface area contributed by atoms with Gasteiger partial charge in [0.1, 0.15) is 11.6 Å². The molecule has 2 aromatic rings. The predicted octanol–water partition coefficient (Wildman–Crippen LogP) is 0.970. The number of hydrogen-bond acceptors (Lipinski definition) is 5. The molecule has 128 valence electrons. The molecule has 0 saturated carbocycles. The second kappa shape index (κ2) is 7.67. The summed E-state index contributed by atoms with van der Waals surface area (Å²) in [6.07, 6.45) is 0.467. The summed E-state index contributed by atoms with van der Waals surface area (Å²) in [6.45, 7) is 3.74. The standard InChI is InChI=1S/C16H20N4O4/c1-3-10(2)14(15(23)17-9-8-13(21)22)20-16(24)11-6-4-5-7-12(11)18-19-20/h4-7,10,14H,3,8-9H2,1-2H3,(H,17,23)(H,21,22)/t10-,14+/m1/s1. The highest BCUT2D eigenvalue weighted by atomic mass is 16.4. The molecule has 0 aliphatic heterocycles. The Balaban J connectivity index is 2.38. The molecule has 24 heavy (non-hydrogen) atoms. The fraction of sp³-hybridized carbons (Fsp3) is 0.438. The van der Waals surface area contributed by atoms with Gasteiger partial charge in [-0.2, -0.15) is 4.68 Å². The molecule has 1 aromatic carbocycles. The van der Waals surface area contributed by atoms with Crippen LogP contribution in [0.2, 0.25) is 0 Å². The van der Waals surface area contributed by atoms with Crippen LogP contribution in [0.4, 0.5) is 0 Å². The molecule has 0 bridgehead atoms. The van der Waals surface area contributed by atoms with Crippen LogP contribution < -0.4 is 10.9 Å². The molecule has 0 unspecified atom stereocenters. The lowest BCUT2D eigenvalue weighted by Crippen LogP contribution is -2.42. The molecule has 8 nitrogen and oxygen atoms in total. The molecular formula is C16H20N4O4. The SMILES string of the molecule is CC[C@@H](C)[C@@H](C(=O)NCCC(=O)O)n1nnc2ccccc2c1=O. The lowest BCUT2D eigenvalue weighted by molar-refractivity contribution is -0.137. The van der Waals surface area contributed by atoms with Gasteiger partial charge < -0.3 is 10.4 Å². The molecule has 2 N–H and O–H groups in total. The Kier molecular flexibility index (Phi) is 5.62. The van der Waals surface area contributed by atoms with Gasteiger partial charge in [-0.1, -0.05) is 37.6 Å². The summed E-state index contributed by atoms with van der Waals surface area (Å²) in [5.74, 6) is -1.60. The fourth-order valence-corrected chi connectivity index (χ4v) is 2.42. The van der Waals surface area contributed by atoms with Crippen LogP contribution in [-0.2, 0) is 9.59 Å². The fourth-order valence-electron chi connectivity index (χ4n) is 2.42. The van der Waals surface area contributed by atoms with Crippen molar-refractivity contribution < 1.29 is 14.7 Å². The predicted molar refractivity (Wildman–Crippen MR) is 87.6 cm³/mol. The van der Waals surface area contributed by atoms with E-state index in [4.69, 9.17) is 5.11 Å². The number of aliphatic carboxylic acids is 1. The van der Waals surface area contributed by atoms with Crippen LogP contribution >= 0.6 is 0 Å². The number of nitrogens with one attached hydrogen (secondary N) is 1. The second-order valence-corrected chi connectivity index (χ2v) is 5.62. The van der Waals surface area contributed by atoms with E-state index in [1.807, 2.05) is 13.8 Å². The number of rotatable bonds is 7. The molecule has 8 heteroatoms. The quantitative estimate of drug-likeness (QED) is 0.781. The summed E-state index contributed by atoms with van der Waals surface area (Å²) in [5.41, 5.74) is 0.0761. The molecule has 0 aliphatic carbocycles. The number of carboxylic acids is 1. The number of carbonyl (C=O) groups is 2. The Morgan fingerprint density at radius 2 is 2.04 bits per heavy atom. The second-order valence-electron chi connectivity index (χ2n) is 5.62. The van der Waals surface area contributed by atoms with Gasteiger partial charge in [0.15, 0.2) is 0 Å². The number of carboxylic acid groups (broad SMARTS) is 1. The average Bonchev–Trinajstić information content (AvgIpc) is 2.56. The van der Waals surface area contributed by atoms with E-state index in [1.165, 1.54) is 0 Å². The zero-order valence-corrected chi connectivity index (χ0v) is 13.6. The normalized spacial score (nSPS) is 13.4. The van der Waals surface area contributed by atoms with Gasteiger partial charge in [0, 0.05) is 6.54 Å². The third kappa shape index (κ3) is 3.76. The topological polar surface area (TPSA) is 114 Å². The highest BCUT2D eigenvalue weighted by Gasteiger charge is 2.28. The van der Waals surface area contributed by atoms with Crippen molar-refractivity contribution in [1.82, 2.24) is 20.3 Å². The van der Waals surface area contributed by atoms with E-state index in [9.17, 15) is 14.4 Å². The van der Waals surface area contributed by atoms with Crippen LogP contribution in [-0.4, -0.2) is 38.5 Å². The van der Waals surface area contributed by atoms with E-state index in [1.54, 1.807) is 24.3 Å². The molecule has 2 rings (SSSR count). The van der Waals surface area contributed by atoms with E-state index in [0.717, 1.165) is 4.68 Å². The highest BCUT2D eigenvalue weighted by molar-refractivity contribution is 5.82. The van der Waals surface area contributed by atoms with Crippen LogP contribution in [0.15, 0.2) is 29.1 Å². The summed E-state index contributed by atoms with van der Waals surface area (Å²) in [4.78, 5) is 35.7. The number of carbonyl (C=O) groups excluding carboxylic acids is 1. The van der Waals surface area contributed by atoms with E-state index in [2.05, 4.69) is 15.6 Å². The molecule has 1 aromatic heterocycles. The number of hydrogen-bond donors (Lipinski definition) is 2. The van der Waals surface area contributed by atoms with Crippen molar-refractivity contribution in [3.8, 4) is 0 Å². The van der Waals surface area contributed by atoms with Crippen LogP contribution in [0.25, 0.3) is 10.9 Å². The maximum absolute atomic E-state index is 12.7. The van der Waals surface area contributed by atoms with Crippen molar-refractivity contribution in [1.29, 1.82) is 0 Å². The molecule has 0 fully saturated rings. The van der Waals surface area contributed by atoms with E-state index < -0.39 is 17.9 Å². The van der Waals surface area contributed by atoms with Crippen molar-refractivity contribution in [2.75, 3.05) is 6.54 Å². The number of aromatic nitrogens is 3. The van der Waals surface area contributed by atoms with Gasteiger partial charge in [0.2, 0.25) is 5.91 Å². The summed E-state index contributed by atoms with van der Waals surface area (Å²) in [5, 5.41) is 19.5. The average molecular weight is 332 g/mol. The first-order chi connectivity index (χ1) is 11.5. The van der Waals surface area contributed by atoms with Crippen LogP contribution in [0.5, 0.6) is 0 Å². The minimum Gasteiger partial charge on any atom is -0.481 e. The molecule has 0 aliphatic rings. The molecule has 1 heterocycles. The van der Waals surface area contributed by atoms with Gasteiger partial charge in [-0.05, 0) is 18.1 Å². The summed E-state index contributed by atoms with van der Waals surface area (Å²) in [7, 11) is 0. The summed E-state index contributed by atoms with van der Waals surface area (Å²) >= 11 is 0. The Morgan fingerprint density at radius 3 is 2.71 bits per heavy atom. The first-order valence-corrected chi connectivity index (χ1v) is 7.79. The van der Waals surface area contributed by atoms with E-state index in [-0.39, 0.29) is 24.4 Å². The van der Waals surface area contributed by atoms with Crippen molar-refractivity contribution >= 4 is 22.8 Å². The molecule has 0 radical (unpaired) electrons. The van der Waals surface area contributed by atoms with Crippen molar-refractivity contribution in [3.05, 3.63) is 34.6 Å². The monoisotopic (exact) mass is 332 g/mol. The Hall–Kier alpha value is -2.77.